The fourth-order valence-electron chi connectivity index (χ4n) is 6.33. The number of carbonyl (C=O) groups is 1. The summed E-state index contributed by atoms with van der Waals surface area (Å²) in [6, 6.07) is 5.74. The lowest BCUT2D eigenvalue weighted by molar-refractivity contribution is -0.0688. The quantitative estimate of drug-likeness (QED) is 0.910. The van der Waals surface area contributed by atoms with Gasteiger partial charge in [0.05, 0.1) is 0 Å². The highest BCUT2D eigenvalue weighted by Gasteiger charge is 2.53. The highest BCUT2D eigenvalue weighted by Crippen LogP contribution is 2.61. The van der Waals surface area contributed by atoms with E-state index in [9.17, 15) is 4.79 Å². The molecule has 1 aromatic rings. The van der Waals surface area contributed by atoms with Crippen LogP contribution in [-0.2, 0) is 0 Å². The van der Waals surface area contributed by atoms with Crippen LogP contribution >= 0.6 is 0 Å². The minimum atomic E-state index is 0.0141. The molecule has 1 aromatic carbocycles. The van der Waals surface area contributed by atoms with Gasteiger partial charge >= 0.3 is 0 Å². The van der Waals surface area contributed by atoms with Gasteiger partial charge in [0.2, 0.25) is 0 Å². The second-order valence-electron chi connectivity index (χ2n) is 8.83. The maximum Gasteiger partial charge on any atom is 0.251 e. The molecule has 1 heterocycles. The van der Waals surface area contributed by atoms with Crippen molar-refractivity contribution in [2.75, 3.05) is 13.2 Å². The average molecular weight is 341 g/mol. The molecule has 1 aliphatic heterocycles. The molecule has 4 bridgehead atoms. The fourth-order valence-corrected chi connectivity index (χ4v) is 6.33. The number of hydrogen-bond acceptors (Lipinski definition) is 3. The van der Waals surface area contributed by atoms with Gasteiger partial charge < -0.3 is 14.8 Å². The Bertz CT molecular complexity index is 663. The number of fused-ring (bicyclic) bond motifs is 1. The molecule has 0 saturated heterocycles. The van der Waals surface area contributed by atoms with Gasteiger partial charge in [-0.25, -0.2) is 0 Å². The minimum absolute atomic E-state index is 0.0141. The summed E-state index contributed by atoms with van der Waals surface area (Å²) in [6.07, 6.45) is 8.22. The molecule has 1 atom stereocenters. The number of carbonyl (C=O) groups excluding carboxylic acids is 1. The van der Waals surface area contributed by atoms with Crippen LogP contribution in [0.25, 0.3) is 0 Å². The number of rotatable bonds is 3. The summed E-state index contributed by atoms with van der Waals surface area (Å²) in [7, 11) is 0. The van der Waals surface area contributed by atoms with E-state index in [1.54, 1.807) is 0 Å². The molecule has 1 amide bonds. The lowest BCUT2D eigenvalue weighted by Gasteiger charge is -2.59. The second-order valence-corrected chi connectivity index (χ2v) is 8.83. The van der Waals surface area contributed by atoms with Gasteiger partial charge in [0.25, 0.3) is 5.91 Å². The lowest BCUT2D eigenvalue weighted by Crippen LogP contribution is -2.55. The maximum absolute atomic E-state index is 12.8. The molecule has 5 aliphatic rings. The normalized spacial score (nSPS) is 36.1. The van der Waals surface area contributed by atoms with Crippen molar-refractivity contribution in [1.82, 2.24) is 5.32 Å². The van der Waals surface area contributed by atoms with Crippen molar-refractivity contribution < 1.29 is 14.3 Å². The third kappa shape index (κ3) is 2.61. The van der Waals surface area contributed by atoms with Crippen LogP contribution in [-0.4, -0.2) is 25.2 Å². The van der Waals surface area contributed by atoms with Crippen molar-refractivity contribution in [2.45, 2.75) is 51.5 Å². The topological polar surface area (TPSA) is 47.6 Å². The number of hydrogen-bond donors (Lipinski definition) is 1. The van der Waals surface area contributed by atoms with Gasteiger partial charge in [-0.05, 0) is 86.8 Å². The minimum Gasteiger partial charge on any atom is -0.486 e. The zero-order valence-corrected chi connectivity index (χ0v) is 14.9. The molecule has 4 heteroatoms. The number of benzene rings is 1. The molecule has 0 radical (unpaired) electrons. The van der Waals surface area contributed by atoms with Crippen molar-refractivity contribution in [1.29, 1.82) is 0 Å². The highest BCUT2D eigenvalue weighted by atomic mass is 16.6. The molecule has 1 N–H and O–H groups in total. The van der Waals surface area contributed by atoms with E-state index in [1.165, 1.54) is 38.5 Å². The summed E-state index contributed by atoms with van der Waals surface area (Å²) >= 11 is 0. The van der Waals surface area contributed by atoms with Crippen molar-refractivity contribution in [3.63, 3.8) is 0 Å². The van der Waals surface area contributed by atoms with Crippen LogP contribution in [0.4, 0.5) is 0 Å². The van der Waals surface area contributed by atoms with Crippen LogP contribution in [0, 0.1) is 23.2 Å². The summed E-state index contributed by atoms with van der Waals surface area (Å²) in [5.41, 5.74) is 0.999. The summed E-state index contributed by atoms with van der Waals surface area (Å²) in [5.74, 6) is 4.14. The predicted octanol–water partition coefficient (Wildman–Crippen LogP) is 3.79. The van der Waals surface area contributed by atoms with Crippen LogP contribution in [0.15, 0.2) is 18.2 Å². The zero-order chi connectivity index (χ0) is 17.0. The third-order valence-corrected chi connectivity index (χ3v) is 7.16. The predicted molar refractivity (Wildman–Crippen MR) is 95.0 cm³/mol. The second kappa shape index (κ2) is 5.65. The van der Waals surface area contributed by atoms with Crippen LogP contribution in [0.3, 0.4) is 0 Å². The van der Waals surface area contributed by atoms with E-state index in [4.69, 9.17) is 9.47 Å². The Labute approximate surface area is 149 Å². The van der Waals surface area contributed by atoms with Crippen molar-refractivity contribution >= 4 is 5.91 Å². The molecule has 4 saturated carbocycles. The summed E-state index contributed by atoms with van der Waals surface area (Å²) in [6.45, 7) is 3.34. The molecule has 4 aliphatic carbocycles. The Morgan fingerprint density at radius 2 is 1.64 bits per heavy atom. The Balaban J connectivity index is 1.32. The number of ether oxygens (including phenoxy) is 2. The summed E-state index contributed by atoms with van der Waals surface area (Å²) in [4.78, 5) is 12.8. The molecule has 0 aromatic heterocycles. The van der Waals surface area contributed by atoms with Gasteiger partial charge in [-0.1, -0.05) is 0 Å². The monoisotopic (exact) mass is 341 g/mol. The zero-order valence-electron chi connectivity index (χ0n) is 14.9. The van der Waals surface area contributed by atoms with E-state index in [0.29, 0.717) is 29.9 Å². The largest absolute Gasteiger partial charge is 0.486 e. The van der Waals surface area contributed by atoms with Gasteiger partial charge in [-0.2, -0.15) is 0 Å². The van der Waals surface area contributed by atoms with Gasteiger partial charge in [0.15, 0.2) is 11.5 Å². The van der Waals surface area contributed by atoms with Crippen molar-refractivity contribution in [3.8, 4) is 11.5 Å². The molecule has 4 nitrogen and oxygen atoms in total. The van der Waals surface area contributed by atoms with Crippen LogP contribution < -0.4 is 14.8 Å². The fraction of sp³-hybridized carbons (Fsp3) is 0.667. The average Bonchev–Trinajstić information content (AvgIpc) is 2.60. The van der Waals surface area contributed by atoms with E-state index in [1.807, 2.05) is 18.2 Å². The Hall–Kier alpha value is -1.71. The number of nitrogens with one attached hydrogen (secondary N) is 1. The van der Waals surface area contributed by atoms with E-state index in [0.717, 1.165) is 23.5 Å². The van der Waals surface area contributed by atoms with E-state index < -0.39 is 0 Å². The van der Waals surface area contributed by atoms with E-state index in [2.05, 4.69) is 12.2 Å². The Morgan fingerprint density at radius 3 is 2.28 bits per heavy atom. The van der Waals surface area contributed by atoms with E-state index >= 15 is 0 Å². The third-order valence-electron chi connectivity index (χ3n) is 7.16. The Morgan fingerprint density at radius 1 is 1.04 bits per heavy atom. The first-order valence-electron chi connectivity index (χ1n) is 9.82. The first-order chi connectivity index (χ1) is 12.1. The molecule has 0 unspecified atom stereocenters. The summed E-state index contributed by atoms with van der Waals surface area (Å²) < 4.78 is 11.2. The van der Waals surface area contributed by atoms with Gasteiger partial charge in [0.1, 0.15) is 13.2 Å². The van der Waals surface area contributed by atoms with Gasteiger partial charge in [-0.15, -0.1) is 0 Å². The SMILES string of the molecule is C[C@@H](NC(=O)c1ccc2c(c1)OCCO2)C12CC3CC(CC(C3)C1)C2. The van der Waals surface area contributed by atoms with E-state index in [-0.39, 0.29) is 11.9 Å². The maximum atomic E-state index is 12.8. The molecule has 0 spiro atoms. The first kappa shape index (κ1) is 15.5. The molecular weight excluding hydrogens is 314 g/mol. The molecular formula is C21H27NO3. The highest BCUT2D eigenvalue weighted by molar-refractivity contribution is 5.95. The molecule has 134 valence electrons. The standard InChI is InChI=1S/C21H27NO3/c1-13(21-10-14-6-15(11-21)8-16(7-14)12-21)22-20(23)17-2-3-18-19(9-17)25-5-4-24-18/h2-3,9,13-16H,4-8,10-12H2,1H3,(H,22,23)/t13-,14?,15?,16?,21?/m1/s1. The van der Waals surface area contributed by atoms with Gasteiger partial charge in [-0.3, -0.25) is 4.79 Å². The lowest BCUT2D eigenvalue weighted by atomic mass is 9.48. The first-order valence-corrected chi connectivity index (χ1v) is 9.82. The van der Waals surface area contributed by atoms with Crippen LogP contribution in [0.1, 0.15) is 55.8 Å². The summed E-state index contributed by atoms with van der Waals surface area (Å²) in [5, 5.41) is 3.32. The van der Waals surface area contributed by atoms with Gasteiger partial charge in [0, 0.05) is 11.6 Å². The molecule has 25 heavy (non-hydrogen) atoms. The van der Waals surface area contributed by atoms with Crippen LogP contribution in [0.5, 0.6) is 11.5 Å². The Kier molecular flexibility index (Phi) is 3.51. The van der Waals surface area contributed by atoms with Crippen molar-refractivity contribution in [2.24, 2.45) is 23.2 Å². The molecule has 6 rings (SSSR count). The van der Waals surface area contributed by atoms with Crippen molar-refractivity contribution in [3.05, 3.63) is 23.8 Å². The smallest absolute Gasteiger partial charge is 0.251 e. The molecule has 4 fully saturated rings. The number of amides is 1. The van der Waals surface area contributed by atoms with Crippen LogP contribution in [0.2, 0.25) is 0 Å².